The molecule has 134 valence electrons. The van der Waals surface area contributed by atoms with Gasteiger partial charge in [0.15, 0.2) is 0 Å². The number of ether oxygens (including phenoxy) is 1. The van der Waals surface area contributed by atoms with Gasteiger partial charge in [0, 0.05) is 15.3 Å². The molecule has 0 unspecified atom stereocenters. The van der Waals surface area contributed by atoms with Crippen LogP contribution in [0.15, 0.2) is 41.8 Å². The first-order chi connectivity index (χ1) is 12.5. The lowest BCUT2D eigenvalue weighted by molar-refractivity contribution is 0.0529. The summed E-state index contributed by atoms with van der Waals surface area (Å²) in [4.78, 5) is 26.8. The van der Waals surface area contributed by atoms with Crippen LogP contribution >= 0.6 is 22.7 Å². The molecular weight excluding hydrogens is 373 g/mol. The van der Waals surface area contributed by atoms with Gasteiger partial charge in [0.05, 0.1) is 12.2 Å². The highest BCUT2D eigenvalue weighted by molar-refractivity contribution is 7.18. The molecule has 0 aliphatic carbocycles. The Kier molecular flexibility index (Phi) is 5.49. The molecule has 0 saturated heterocycles. The van der Waals surface area contributed by atoms with E-state index in [0.717, 1.165) is 15.3 Å². The van der Waals surface area contributed by atoms with Crippen LogP contribution in [0.2, 0.25) is 0 Å². The highest BCUT2D eigenvalue weighted by atomic mass is 32.1. The van der Waals surface area contributed by atoms with Gasteiger partial charge < -0.3 is 10.1 Å². The lowest BCUT2D eigenvalue weighted by Crippen LogP contribution is -2.16. The average Bonchev–Trinajstić information content (AvgIpc) is 3.22. The van der Waals surface area contributed by atoms with E-state index in [4.69, 9.17) is 4.74 Å². The largest absolute Gasteiger partial charge is 0.462 e. The van der Waals surface area contributed by atoms with Gasteiger partial charge in [-0.2, -0.15) is 0 Å². The summed E-state index contributed by atoms with van der Waals surface area (Å²) in [5, 5.41) is 4.95. The molecule has 2 heterocycles. The number of hydrogen-bond acceptors (Lipinski definition) is 5. The normalized spacial score (nSPS) is 10.6. The van der Waals surface area contributed by atoms with E-state index in [1.165, 1.54) is 40.9 Å². The van der Waals surface area contributed by atoms with Crippen LogP contribution in [0.5, 0.6) is 0 Å². The molecule has 0 bridgehead atoms. The number of rotatable bonds is 5. The number of halogens is 1. The predicted octanol–water partition coefficient (Wildman–Crippen LogP) is 5.35. The van der Waals surface area contributed by atoms with Gasteiger partial charge in [-0.05, 0) is 37.4 Å². The zero-order valence-electron chi connectivity index (χ0n) is 14.2. The monoisotopic (exact) mass is 389 g/mol. The second kappa shape index (κ2) is 7.80. The van der Waals surface area contributed by atoms with Crippen LogP contribution in [-0.2, 0) is 4.74 Å². The van der Waals surface area contributed by atoms with Crippen molar-refractivity contribution in [3.05, 3.63) is 63.6 Å². The fraction of sp³-hybridized carbons (Fsp3) is 0.158. The fourth-order valence-corrected chi connectivity index (χ4v) is 4.51. The van der Waals surface area contributed by atoms with Crippen molar-refractivity contribution < 1.29 is 18.7 Å². The Hall–Kier alpha value is -2.51. The van der Waals surface area contributed by atoms with Crippen molar-refractivity contribution in [1.82, 2.24) is 0 Å². The highest BCUT2D eigenvalue weighted by Crippen LogP contribution is 2.42. The molecular formula is C19H16FNO3S2. The van der Waals surface area contributed by atoms with Crippen LogP contribution in [0, 0.1) is 12.7 Å². The quantitative estimate of drug-likeness (QED) is 0.598. The Morgan fingerprint density at radius 2 is 1.96 bits per heavy atom. The minimum Gasteiger partial charge on any atom is -0.462 e. The summed E-state index contributed by atoms with van der Waals surface area (Å²) in [6.07, 6.45) is 0. The third-order valence-electron chi connectivity index (χ3n) is 3.68. The second-order valence-corrected chi connectivity index (χ2v) is 7.54. The molecule has 0 fully saturated rings. The van der Waals surface area contributed by atoms with Gasteiger partial charge in [-0.25, -0.2) is 9.18 Å². The van der Waals surface area contributed by atoms with Gasteiger partial charge in [0.2, 0.25) is 0 Å². The van der Waals surface area contributed by atoms with Crippen LogP contribution in [0.4, 0.5) is 9.39 Å². The van der Waals surface area contributed by atoms with E-state index in [1.807, 2.05) is 24.4 Å². The van der Waals surface area contributed by atoms with Crippen LogP contribution in [0.1, 0.15) is 32.5 Å². The Balaban J connectivity index is 2.04. The topological polar surface area (TPSA) is 55.4 Å². The van der Waals surface area contributed by atoms with Crippen LogP contribution in [0.25, 0.3) is 10.4 Å². The molecule has 7 heteroatoms. The molecule has 1 N–H and O–H groups in total. The number of benzene rings is 1. The number of hydrogen-bond donors (Lipinski definition) is 1. The fourth-order valence-electron chi connectivity index (χ4n) is 2.56. The van der Waals surface area contributed by atoms with E-state index >= 15 is 0 Å². The maximum Gasteiger partial charge on any atom is 0.341 e. The van der Waals surface area contributed by atoms with Crippen molar-refractivity contribution >= 4 is 39.6 Å². The lowest BCUT2D eigenvalue weighted by Gasteiger charge is -2.08. The first kappa shape index (κ1) is 18.3. The number of esters is 1. The van der Waals surface area contributed by atoms with E-state index in [1.54, 1.807) is 13.0 Å². The third kappa shape index (κ3) is 3.54. The average molecular weight is 389 g/mol. The molecule has 0 saturated carbocycles. The maximum absolute atomic E-state index is 13.9. The van der Waals surface area contributed by atoms with Crippen molar-refractivity contribution in [2.45, 2.75) is 13.8 Å². The summed E-state index contributed by atoms with van der Waals surface area (Å²) >= 11 is 2.77. The zero-order chi connectivity index (χ0) is 18.7. The first-order valence-corrected chi connectivity index (χ1v) is 9.62. The minimum absolute atomic E-state index is 0.0777. The molecule has 4 nitrogen and oxygen atoms in total. The van der Waals surface area contributed by atoms with Crippen LogP contribution in [0.3, 0.4) is 0 Å². The number of carbonyl (C=O) groups excluding carboxylic acids is 2. The van der Waals surface area contributed by atoms with Gasteiger partial charge >= 0.3 is 5.97 Å². The minimum atomic E-state index is -0.616. The molecule has 3 rings (SSSR count). The Morgan fingerprint density at radius 1 is 1.19 bits per heavy atom. The van der Waals surface area contributed by atoms with Gasteiger partial charge in [0.25, 0.3) is 5.91 Å². The second-order valence-electron chi connectivity index (χ2n) is 5.37. The summed E-state index contributed by atoms with van der Waals surface area (Å²) in [6, 6.07) is 9.52. The number of carbonyl (C=O) groups is 2. The number of nitrogens with one attached hydrogen (secondary N) is 1. The molecule has 0 atom stereocenters. The van der Waals surface area contributed by atoms with Gasteiger partial charge in [-0.15, -0.1) is 22.7 Å². The molecule has 3 aromatic rings. The van der Waals surface area contributed by atoms with Crippen molar-refractivity contribution in [2.75, 3.05) is 11.9 Å². The highest BCUT2D eigenvalue weighted by Gasteiger charge is 2.26. The standard InChI is InChI=1S/C19H16FNO3S2/c1-3-24-19(23)16-15(14-9-6-10-25-14)11(2)26-18(16)21-17(22)12-7-4-5-8-13(12)20/h4-10H,3H2,1-2H3,(H,21,22). The van der Waals surface area contributed by atoms with Gasteiger partial charge in [-0.1, -0.05) is 18.2 Å². The molecule has 0 aliphatic heterocycles. The van der Waals surface area contributed by atoms with Gasteiger partial charge in [0.1, 0.15) is 16.4 Å². The van der Waals surface area contributed by atoms with Crippen LogP contribution < -0.4 is 5.32 Å². The Bertz CT molecular complexity index is 948. The number of thiophene rings is 2. The Morgan fingerprint density at radius 3 is 2.62 bits per heavy atom. The number of aryl methyl sites for hydroxylation is 1. The smallest absolute Gasteiger partial charge is 0.341 e. The predicted molar refractivity (Wildman–Crippen MR) is 103 cm³/mol. The number of anilines is 1. The summed E-state index contributed by atoms with van der Waals surface area (Å²) in [6.45, 7) is 3.82. The molecule has 0 aliphatic rings. The Labute approximate surface area is 158 Å². The lowest BCUT2D eigenvalue weighted by atomic mass is 10.1. The van der Waals surface area contributed by atoms with Crippen LogP contribution in [-0.4, -0.2) is 18.5 Å². The molecule has 2 aromatic heterocycles. The van der Waals surface area contributed by atoms with E-state index < -0.39 is 17.7 Å². The first-order valence-electron chi connectivity index (χ1n) is 7.93. The van der Waals surface area contributed by atoms with E-state index in [9.17, 15) is 14.0 Å². The maximum atomic E-state index is 13.9. The SMILES string of the molecule is CCOC(=O)c1c(NC(=O)c2ccccc2F)sc(C)c1-c1cccs1. The molecule has 1 amide bonds. The molecule has 0 radical (unpaired) electrons. The summed E-state index contributed by atoms with van der Waals surface area (Å²) in [7, 11) is 0. The summed E-state index contributed by atoms with van der Waals surface area (Å²) in [5.41, 5.74) is 0.972. The zero-order valence-corrected chi connectivity index (χ0v) is 15.8. The summed E-state index contributed by atoms with van der Waals surface area (Å²) in [5.74, 6) is -1.73. The van der Waals surface area contributed by atoms with Gasteiger partial charge in [-0.3, -0.25) is 4.79 Å². The van der Waals surface area contributed by atoms with E-state index in [2.05, 4.69) is 5.32 Å². The van der Waals surface area contributed by atoms with Crippen molar-refractivity contribution in [3.8, 4) is 10.4 Å². The van der Waals surface area contributed by atoms with Crippen molar-refractivity contribution in [1.29, 1.82) is 0 Å². The molecule has 1 aromatic carbocycles. The number of amides is 1. The third-order valence-corrected chi connectivity index (χ3v) is 5.58. The molecule has 26 heavy (non-hydrogen) atoms. The summed E-state index contributed by atoms with van der Waals surface area (Å²) < 4.78 is 19.1. The van der Waals surface area contributed by atoms with E-state index in [-0.39, 0.29) is 12.2 Å². The van der Waals surface area contributed by atoms with Crippen molar-refractivity contribution in [2.24, 2.45) is 0 Å². The molecule has 0 spiro atoms. The van der Waals surface area contributed by atoms with Crippen molar-refractivity contribution in [3.63, 3.8) is 0 Å². The van der Waals surface area contributed by atoms with E-state index in [0.29, 0.717) is 10.6 Å².